The lowest BCUT2D eigenvalue weighted by atomic mass is 9.86. The number of imidazole rings is 1. The molecule has 0 aliphatic heterocycles. The van der Waals surface area contributed by atoms with E-state index in [-0.39, 0.29) is 0 Å². The number of pyridine rings is 2. The lowest BCUT2D eigenvalue weighted by Gasteiger charge is -2.16. The molecule has 0 spiro atoms. The van der Waals surface area contributed by atoms with Gasteiger partial charge in [0.15, 0.2) is 0 Å². The molecule has 0 radical (unpaired) electrons. The molecule has 7 heteroatoms. The van der Waals surface area contributed by atoms with Crippen LogP contribution in [0, 0.1) is 11.3 Å². The maximum Gasteiger partial charge on any atom is 0.241 e. The van der Waals surface area contributed by atoms with Crippen LogP contribution in [-0.4, -0.2) is 29.1 Å². The van der Waals surface area contributed by atoms with Gasteiger partial charge in [0.25, 0.3) is 0 Å². The Labute approximate surface area is 189 Å². The zero-order valence-corrected chi connectivity index (χ0v) is 18.1. The highest BCUT2D eigenvalue weighted by Crippen LogP contribution is 2.33. The Morgan fingerprint density at radius 1 is 0.970 bits per heavy atom. The summed E-state index contributed by atoms with van der Waals surface area (Å²) >= 11 is 0. The Kier molecular flexibility index (Phi) is 4.04. The number of nitrogens with zero attached hydrogens (tertiary/aromatic N) is 7. The molecule has 0 amide bonds. The van der Waals surface area contributed by atoms with Crippen molar-refractivity contribution in [2.24, 2.45) is 0 Å². The summed E-state index contributed by atoms with van der Waals surface area (Å²) in [6, 6.07) is 20.7. The molecule has 6 rings (SSSR count). The molecule has 0 atom stereocenters. The smallest absolute Gasteiger partial charge is 0.241 e. The number of fused-ring (bicyclic) bond motifs is 5. The molecule has 0 saturated heterocycles. The lowest BCUT2D eigenvalue weighted by molar-refractivity contribution is 0.687. The Morgan fingerprint density at radius 3 is 2.58 bits per heavy atom. The highest BCUT2D eigenvalue weighted by molar-refractivity contribution is 6.06. The van der Waals surface area contributed by atoms with Crippen LogP contribution in [0.15, 0.2) is 79.5 Å². The van der Waals surface area contributed by atoms with Crippen LogP contribution < -0.4 is 0 Å². The van der Waals surface area contributed by atoms with Crippen molar-refractivity contribution in [1.82, 2.24) is 29.1 Å². The van der Waals surface area contributed by atoms with Gasteiger partial charge in [-0.05, 0) is 55.3 Å². The minimum absolute atomic E-state index is 0.559. The molecule has 4 heterocycles. The second-order valence-electron chi connectivity index (χ2n) is 8.59. The average molecular weight is 429 g/mol. The summed E-state index contributed by atoms with van der Waals surface area (Å²) < 4.78 is 4.05. The standard InChI is InChI=1S/C26H19N7/c1-26(2,15-27)19-6-8-20(9-7-19)33-24-21-12-17(18-4-3-11-28-13-18)5-10-22(21)29-14-23(24)32-16-30-31-25(32)33/h3-14,16H,1-2H3. The predicted molar refractivity (Wildman–Crippen MR) is 127 cm³/mol. The van der Waals surface area contributed by atoms with Crippen LogP contribution in [0.1, 0.15) is 19.4 Å². The first-order valence-electron chi connectivity index (χ1n) is 10.6. The van der Waals surface area contributed by atoms with Crippen molar-refractivity contribution in [3.8, 4) is 22.9 Å². The second kappa shape index (κ2) is 6.97. The Hall–Kier alpha value is -4.57. The van der Waals surface area contributed by atoms with Crippen molar-refractivity contribution < 1.29 is 0 Å². The van der Waals surface area contributed by atoms with E-state index in [2.05, 4.69) is 38.0 Å². The maximum atomic E-state index is 9.51. The van der Waals surface area contributed by atoms with Crippen molar-refractivity contribution in [2.45, 2.75) is 19.3 Å². The number of hydrogen-bond acceptors (Lipinski definition) is 5. The zero-order valence-electron chi connectivity index (χ0n) is 18.1. The van der Waals surface area contributed by atoms with E-state index in [9.17, 15) is 5.26 Å². The van der Waals surface area contributed by atoms with Crippen molar-refractivity contribution in [3.05, 3.63) is 85.1 Å². The van der Waals surface area contributed by atoms with Gasteiger partial charge in [-0.15, -0.1) is 10.2 Å². The van der Waals surface area contributed by atoms with Crippen LogP contribution in [0.25, 0.3) is 44.5 Å². The van der Waals surface area contributed by atoms with Gasteiger partial charge < -0.3 is 0 Å². The van der Waals surface area contributed by atoms with Crippen molar-refractivity contribution in [3.63, 3.8) is 0 Å². The largest absolute Gasteiger partial charge is 0.276 e. The molecule has 0 aliphatic carbocycles. The normalized spacial score (nSPS) is 11.9. The first-order chi connectivity index (χ1) is 16.1. The highest BCUT2D eigenvalue weighted by atomic mass is 15.3. The fourth-order valence-electron chi connectivity index (χ4n) is 4.28. The van der Waals surface area contributed by atoms with E-state index >= 15 is 0 Å². The van der Waals surface area contributed by atoms with Gasteiger partial charge in [0.05, 0.1) is 34.2 Å². The molecule has 0 unspecified atom stereocenters. The molecule has 158 valence electrons. The van der Waals surface area contributed by atoms with Gasteiger partial charge in [0, 0.05) is 29.0 Å². The van der Waals surface area contributed by atoms with Crippen LogP contribution in [0.5, 0.6) is 0 Å². The third-order valence-corrected chi connectivity index (χ3v) is 6.15. The Morgan fingerprint density at radius 2 is 1.82 bits per heavy atom. The molecule has 7 nitrogen and oxygen atoms in total. The summed E-state index contributed by atoms with van der Waals surface area (Å²) in [7, 11) is 0. The minimum atomic E-state index is -0.559. The summed E-state index contributed by atoms with van der Waals surface area (Å²) in [6.07, 6.45) is 7.20. The number of aromatic nitrogens is 6. The van der Waals surface area contributed by atoms with E-state index in [0.717, 1.165) is 44.3 Å². The molecule has 0 bridgehead atoms. The zero-order chi connectivity index (χ0) is 22.6. The van der Waals surface area contributed by atoms with Crippen LogP contribution in [0.3, 0.4) is 0 Å². The molecular formula is C26H19N7. The van der Waals surface area contributed by atoms with Crippen molar-refractivity contribution >= 4 is 27.7 Å². The Bertz CT molecular complexity index is 1680. The van der Waals surface area contributed by atoms with E-state index in [1.54, 1.807) is 12.5 Å². The molecule has 0 saturated carbocycles. The molecule has 0 fully saturated rings. The van der Waals surface area contributed by atoms with Gasteiger partial charge in [-0.1, -0.05) is 24.3 Å². The van der Waals surface area contributed by atoms with Gasteiger partial charge in [-0.25, -0.2) is 0 Å². The average Bonchev–Trinajstić information content (AvgIpc) is 3.45. The molecule has 2 aromatic carbocycles. The van der Waals surface area contributed by atoms with E-state index in [0.29, 0.717) is 5.78 Å². The first kappa shape index (κ1) is 19.1. The lowest BCUT2D eigenvalue weighted by Crippen LogP contribution is -2.13. The van der Waals surface area contributed by atoms with E-state index in [1.165, 1.54) is 0 Å². The molecule has 33 heavy (non-hydrogen) atoms. The number of rotatable bonds is 3. The van der Waals surface area contributed by atoms with E-state index in [1.807, 2.05) is 73.1 Å². The van der Waals surface area contributed by atoms with Gasteiger partial charge >= 0.3 is 0 Å². The van der Waals surface area contributed by atoms with Gasteiger partial charge in [-0.3, -0.25) is 18.9 Å². The SMILES string of the molecule is CC(C)(C#N)c1ccc(-n2c3c4cc(-c5cccnc5)ccc4ncc3n3cnnc23)cc1. The topological polar surface area (TPSA) is 84.7 Å². The Balaban J connectivity index is 1.66. The van der Waals surface area contributed by atoms with E-state index < -0.39 is 5.41 Å². The van der Waals surface area contributed by atoms with Gasteiger partial charge in [0.1, 0.15) is 6.33 Å². The summed E-state index contributed by atoms with van der Waals surface area (Å²) in [5.41, 5.74) is 6.29. The number of hydrogen-bond donors (Lipinski definition) is 0. The summed E-state index contributed by atoms with van der Waals surface area (Å²) in [4.78, 5) is 8.96. The molecule has 0 aliphatic rings. The molecular weight excluding hydrogens is 410 g/mol. The summed E-state index contributed by atoms with van der Waals surface area (Å²) in [6.45, 7) is 3.84. The number of benzene rings is 2. The molecule has 6 aromatic rings. The monoisotopic (exact) mass is 429 g/mol. The van der Waals surface area contributed by atoms with Crippen LogP contribution in [-0.2, 0) is 5.41 Å². The highest BCUT2D eigenvalue weighted by Gasteiger charge is 2.21. The summed E-state index contributed by atoms with van der Waals surface area (Å²) in [5, 5.41) is 19.0. The van der Waals surface area contributed by atoms with Crippen molar-refractivity contribution in [1.29, 1.82) is 5.26 Å². The van der Waals surface area contributed by atoms with Gasteiger partial charge in [0.2, 0.25) is 5.78 Å². The predicted octanol–water partition coefficient (Wildman–Crippen LogP) is 5.08. The fraction of sp³-hybridized carbons (Fsp3) is 0.115. The van der Waals surface area contributed by atoms with Crippen LogP contribution in [0.4, 0.5) is 0 Å². The summed E-state index contributed by atoms with van der Waals surface area (Å²) in [5.74, 6) is 0.707. The fourth-order valence-corrected chi connectivity index (χ4v) is 4.28. The third-order valence-electron chi connectivity index (χ3n) is 6.15. The second-order valence-corrected chi connectivity index (χ2v) is 8.59. The molecule has 0 N–H and O–H groups in total. The molecule has 4 aromatic heterocycles. The maximum absolute atomic E-state index is 9.51. The third kappa shape index (κ3) is 2.88. The first-order valence-corrected chi connectivity index (χ1v) is 10.6. The van der Waals surface area contributed by atoms with Gasteiger partial charge in [-0.2, -0.15) is 5.26 Å². The van der Waals surface area contributed by atoms with Crippen LogP contribution >= 0.6 is 0 Å². The minimum Gasteiger partial charge on any atom is -0.276 e. The quantitative estimate of drug-likeness (QED) is 0.391. The number of nitriles is 1. The van der Waals surface area contributed by atoms with E-state index in [4.69, 9.17) is 4.98 Å². The van der Waals surface area contributed by atoms with Crippen molar-refractivity contribution in [2.75, 3.05) is 0 Å². The van der Waals surface area contributed by atoms with Crippen LogP contribution in [0.2, 0.25) is 0 Å².